The minimum atomic E-state index is -0.179. The van der Waals surface area contributed by atoms with Crippen molar-refractivity contribution in [1.82, 2.24) is 15.2 Å². The molecule has 0 spiro atoms. The Labute approximate surface area is 171 Å². The van der Waals surface area contributed by atoms with Crippen LogP contribution in [0.3, 0.4) is 0 Å². The maximum Gasteiger partial charge on any atom is 0.269 e. The van der Waals surface area contributed by atoms with Gasteiger partial charge in [0.1, 0.15) is 11.4 Å². The molecule has 0 saturated heterocycles. The first-order valence-corrected chi connectivity index (χ1v) is 9.60. The Balaban J connectivity index is 1.67. The standard InChI is InChI=1S/C23H26N4O2/c1-27(2)16-8-14-25-23(28)21-17-18(13-15-24-21)26-20-11-6-7-12-22(20)29-19-9-4-3-5-10-19/h3-7,9-13,15,17H,8,14,16H2,1-2H3,(H,24,26)(H,25,28). The maximum atomic E-state index is 12.4. The summed E-state index contributed by atoms with van der Waals surface area (Å²) in [5, 5.41) is 6.23. The minimum absolute atomic E-state index is 0.179. The van der Waals surface area contributed by atoms with Crippen molar-refractivity contribution in [1.29, 1.82) is 0 Å². The fourth-order valence-corrected chi connectivity index (χ4v) is 2.75. The topological polar surface area (TPSA) is 66.5 Å². The Morgan fingerprint density at radius 3 is 2.59 bits per heavy atom. The number of nitrogens with one attached hydrogen (secondary N) is 2. The van der Waals surface area contributed by atoms with Gasteiger partial charge in [-0.3, -0.25) is 9.78 Å². The van der Waals surface area contributed by atoms with Gasteiger partial charge in [-0.05, 0) is 63.5 Å². The van der Waals surface area contributed by atoms with Crippen molar-refractivity contribution < 1.29 is 9.53 Å². The summed E-state index contributed by atoms with van der Waals surface area (Å²) < 4.78 is 5.98. The first-order chi connectivity index (χ1) is 14.1. The summed E-state index contributed by atoms with van der Waals surface area (Å²) in [5.41, 5.74) is 1.95. The van der Waals surface area contributed by atoms with Crippen molar-refractivity contribution in [2.24, 2.45) is 0 Å². The molecule has 0 aliphatic carbocycles. The maximum absolute atomic E-state index is 12.4. The molecule has 1 aromatic heterocycles. The second-order valence-electron chi connectivity index (χ2n) is 6.88. The van der Waals surface area contributed by atoms with E-state index in [0.717, 1.165) is 30.1 Å². The van der Waals surface area contributed by atoms with Crippen LogP contribution in [0.25, 0.3) is 0 Å². The summed E-state index contributed by atoms with van der Waals surface area (Å²) in [6.07, 6.45) is 2.51. The van der Waals surface area contributed by atoms with Crippen LogP contribution in [0.4, 0.5) is 11.4 Å². The van der Waals surface area contributed by atoms with Crippen LogP contribution in [-0.4, -0.2) is 43.0 Å². The normalized spacial score (nSPS) is 10.6. The highest BCUT2D eigenvalue weighted by Crippen LogP contribution is 2.31. The van der Waals surface area contributed by atoms with Crippen molar-refractivity contribution in [3.05, 3.63) is 78.6 Å². The predicted molar refractivity (Wildman–Crippen MR) is 116 cm³/mol. The van der Waals surface area contributed by atoms with E-state index in [9.17, 15) is 4.79 Å². The fraction of sp³-hybridized carbons (Fsp3) is 0.217. The molecule has 29 heavy (non-hydrogen) atoms. The number of ether oxygens (including phenoxy) is 1. The second kappa shape index (κ2) is 10.2. The van der Waals surface area contributed by atoms with Crippen molar-refractivity contribution in [3.63, 3.8) is 0 Å². The van der Waals surface area contributed by atoms with E-state index in [1.807, 2.05) is 74.8 Å². The van der Waals surface area contributed by atoms with Crippen LogP contribution < -0.4 is 15.4 Å². The highest BCUT2D eigenvalue weighted by atomic mass is 16.5. The van der Waals surface area contributed by atoms with Gasteiger partial charge in [0.25, 0.3) is 5.91 Å². The molecule has 0 aliphatic heterocycles. The van der Waals surface area contributed by atoms with Crippen molar-refractivity contribution >= 4 is 17.3 Å². The molecule has 1 amide bonds. The van der Waals surface area contributed by atoms with Crippen LogP contribution in [0, 0.1) is 0 Å². The lowest BCUT2D eigenvalue weighted by molar-refractivity contribution is 0.0947. The highest BCUT2D eigenvalue weighted by molar-refractivity contribution is 5.93. The molecule has 0 saturated carbocycles. The smallest absolute Gasteiger partial charge is 0.269 e. The lowest BCUT2D eigenvalue weighted by Crippen LogP contribution is -2.27. The van der Waals surface area contributed by atoms with Crippen LogP contribution >= 0.6 is 0 Å². The van der Waals surface area contributed by atoms with Gasteiger partial charge in [0.2, 0.25) is 0 Å². The molecule has 2 aromatic carbocycles. The Hall–Kier alpha value is -3.38. The molecule has 0 aliphatic rings. The minimum Gasteiger partial charge on any atom is -0.455 e. The van der Waals surface area contributed by atoms with Crippen molar-refractivity contribution in [3.8, 4) is 11.5 Å². The summed E-state index contributed by atoms with van der Waals surface area (Å²) in [7, 11) is 4.02. The van der Waals surface area contributed by atoms with E-state index in [4.69, 9.17) is 4.74 Å². The van der Waals surface area contributed by atoms with Gasteiger partial charge in [-0.25, -0.2) is 0 Å². The Morgan fingerprint density at radius 1 is 1.03 bits per heavy atom. The molecule has 0 fully saturated rings. The summed E-state index contributed by atoms with van der Waals surface area (Å²) in [5.74, 6) is 1.28. The zero-order valence-electron chi connectivity index (χ0n) is 16.8. The number of carbonyl (C=O) groups excluding carboxylic acids is 1. The van der Waals surface area contributed by atoms with E-state index < -0.39 is 0 Å². The highest BCUT2D eigenvalue weighted by Gasteiger charge is 2.09. The number of hydrogen-bond acceptors (Lipinski definition) is 5. The number of amides is 1. The monoisotopic (exact) mass is 390 g/mol. The van der Waals surface area contributed by atoms with E-state index in [2.05, 4.69) is 20.5 Å². The van der Waals surface area contributed by atoms with Crippen LogP contribution in [-0.2, 0) is 0 Å². The number of anilines is 2. The number of benzene rings is 2. The molecular weight excluding hydrogens is 364 g/mol. The molecule has 3 aromatic rings. The average Bonchev–Trinajstić information content (AvgIpc) is 2.73. The predicted octanol–water partition coefficient (Wildman–Crippen LogP) is 4.30. The van der Waals surface area contributed by atoms with E-state index in [1.165, 1.54) is 0 Å². The largest absolute Gasteiger partial charge is 0.455 e. The summed E-state index contributed by atoms with van der Waals surface area (Å²) in [6, 6.07) is 20.8. The third-order valence-corrected chi connectivity index (χ3v) is 4.20. The van der Waals surface area contributed by atoms with Crippen LogP contribution in [0.5, 0.6) is 11.5 Å². The van der Waals surface area contributed by atoms with Gasteiger partial charge in [-0.2, -0.15) is 0 Å². The molecule has 150 valence electrons. The number of pyridine rings is 1. The van der Waals surface area contributed by atoms with Crippen molar-refractivity contribution in [2.45, 2.75) is 6.42 Å². The molecule has 3 rings (SSSR count). The van der Waals surface area contributed by atoms with Crippen LogP contribution in [0.2, 0.25) is 0 Å². The first-order valence-electron chi connectivity index (χ1n) is 9.60. The summed E-state index contributed by atoms with van der Waals surface area (Å²) >= 11 is 0. The fourth-order valence-electron chi connectivity index (χ4n) is 2.75. The number of nitrogens with zero attached hydrogens (tertiary/aromatic N) is 2. The van der Waals surface area contributed by atoms with Crippen LogP contribution in [0.1, 0.15) is 16.9 Å². The van der Waals surface area contributed by atoms with E-state index in [-0.39, 0.29) is 5.91 Å². The molecule has 6 heteroatoms. The number of hydrogen-bond donors (Lipinski definition) is 2. The molecule has 0 radical (unpaired) electrons. The zero-order chi connectivity index (χ0) is 20.5. The Bertz CT molecular complexity index is 929. The third kappa shape index (κ3) is 6.33. The number of para-hydroxylation sites is 3. The second-order valence-corrected chi connectivity index (χ2v) is 6.88. The van der Waals surface area contributed by atoms with Crippen molar-refractivity contribution in [2.75, 3.05) is 32.5 Å². The number of rotatable bonds is 9. The molecule has 1 heterocycles. The number of aromatic nitrogens is 1. The number of carbonyl (C=O) groups is 1. The first kappa shape index (κ1) is 20.4. The molecule has 0 unspecified atom stereocenters. The molecular formula is C23H26N4O2. The lowest BCUT2D eigenvalue weighted by Gasteiger charge is -2.13. The zero-order valence-corrected chi connectivity index (χ0v) is 16.8. The van der Waals surface area contributed by atoms with Crippen LogP contribution in [0.15, 0.2) is 72.9 Å². The lowest BCUT2D eigenvalue weighted by atomic mass is 10.2. The Kier molecular flexibility index (Phi) is 7.19. The van der Waals surface area contributed by atoms with Gasteiger partial charge in [0, 0.05) is 18.4 Å². The van der Waals surface area contributed by atoms with E-state index in [0.29, 0.717) is 18.0 Å². The molecule has 0 atom stereocenters. The van der Waals surface area contributed by atoms with Gasteiger partial charge >= 0.3 is 0 Å². The van der Waals surface area contributed by atoms with E-state index >= 15 is 0 Å². The summed E-state index contributed by atoms with van der Waals surface area (Å²) in [6.45, 7) is 1.54. The quantitative estimate of drug-likeness (QED) is 0.533. The molecule has 2 N–H and O–H groups in total. The average molecular weight is 390 g/mol. The molecule has 6 nitrogen and oxygen atoms in total. The summed E-state index contributed by atoms with van der Waals surface area (Å²) in [4.78, 5) is 18.6. The van der Waals surface area contributed by atoms with Gasteiger partial charge in [0.15, 0.2) is 5.75 Å². The Morgan fingerprint density at radius 2 is 1.79 bits per heavy atom. The third-order valence-electron chi connectivity index (χ3n) is 4.20. The van der Waals surface area contributed by atoms with E-state index in [1.54, 1.807) is 12.3 Å². The SMILES string of the molecule is CN(C)CCCNC(=O)c1cc(Nc2ccccc2Oc2ccccc2)ccn1. The van der Waals surface area contributed by atoms with Gasteiger partial charge in [-0.15, -0.1) is 0 Å². The molecule has 0 bridgehead atoms. The van der Waals surface area contributed by atoms with Gasteiger partial charge < -0.3 is 20.3 Å². The van der Waals surface area contributed by atoms with Gasteiger partial charge in [0.05, 0.1) is 5.69 Å². The van der Waals surface area contributed by atoms with Gasteiger partial charge in [-0.1, -0.05) is 30.3 Å².